The molecule has 0 atom stereocenters. The lowest BCUT2D eigenvalue weighted by Gasteiger charge is -2.26. The average Bonchev–Trinajstić information content (AvgIpc) is 3.20. The Bertz CT molecular complexity index is 664. The van der Waals surface area contributed by atoms with Gasteiger partial charge in [-0.25, -0.2) is 0 Å². The van der Waals surface area contributed by atoms with E-state index < -0.39 is 0 Å². The molecule has 140 valence electrons. The molecule has 3 rings (SSSR count). The highest BCUT2D eigenvalue weighted by Gasteiger charge is 2.10. The van der Waals surface area contributed by atoms with Gasteiger partial charge in [-0.05, 0) is 29.0 Å². The number of thiophene rings is 1. The number of morpholine rings is 1. The van der Waals surface area contributed by atoms with Crippen LogP contribution < -0.4 is 10.6 Å². The second kappa shape index (κ2) is 10.3. The van der Waals surface area contributed by atoms with Gasteiger partial charge in [-0.1, -0.05) is 30.3 Å². The van der Waals surface area contributed by atoms with Crippen molar-refractivity contribution in [3.05, 3.63) is 57.8 Å². The van der Waals surface area contributed by atoms with Gasteiger partial charge in [0.05, 0.1) is 13.2 Å². The number of hydrogen-bond acceptors (Lipinski definition) is 4. The summed E-state index contributed by atoms with van der Waals surface area (Å²) in [5.41, 5.74) is 2.62. The van der Waals surface area contributed by atoms with Crippen LogP contribution in [0.4, 0.5) is 0 Å². The van der Waals surface area contributed by atoms with Crippen LogP contribution >= 0.6 is 11.3 Å². The fourth-order valence-electron chi connectivity index (χ4n) is 2.95. The number of ether oxygens (including phenoxy) is 1. The maximum atomic E-state index is 5.40. The summed E-state index contributed by atoms with van der Waals surface area (Å²) in [6.07, 6.45) is 1.02. The predicted octanol–water partition coefficient (Wildman–Crippen LogP) is 2.49. The average molecular weight is 373 g/mol. The predicted molar refractivity (Wildman–Crippen MR) is 109 cm³/mol. The van der Waals surface area contributed by atoms with E-state index in [0.717, 1.165) is 58.3 Å². The van der Waals surface area contributed by atoms with E-state index >= 15 is 0 Å². The molecular weight excluding hydrogens is 344 g/mol. The molecule has 0 unspecified atom stereocenters. The molecule has 6 heteroatoms. The van der Waals surface area contributed by atoms with Crippen LogP contribution in [0.2, 0.25) is 0 Å². The fourth-order valence-corrected chi connectivity index (χ4v) is 3.65. The second-order valence-electron chi connectivity index (χ2n) is 6.39. The van der Waals surface area contributed by atoms with Crippen molar-refractivity contribution in [2.45, 2.75) is 19.5 Å². The maximum Gasteiger partial charge on any atom is 0.191 e. The van der Waals surface area contributed by atoms with Crippen LogP contribution in [0.1, 0.15) is 16.0 Å². The molecule has 0 bridgehead atoms. The molecule has 1 aliphatic heterocycles. The SMILES string of the molecule is CN=C(NCCc1cccs1)NCc1ccc(CN2CCOCC2)cc1. The first-order valence-electron chi connectivity index (χ1n) is 9.18. The third-order valence-corrected chi connectivity index (χ3v) is 5.40. The lowest BCUT2D eigenvalue weighted by atomic mass is 10.1. The number of guanidine groups is 1. The van der Waals surface area contributed by atoms with Crippen LogP contribution in [0.25, 0.3) is 0 Å². The summed E-state index contributed by atoms with van der Waals surface area (Å²) < 4.78 is 5.40. The largest absolute Gasteiger partial charge is 0.379 e. The zero-order valence-corrected chi connectivity index (χ0v) is 16.2. The van der Waals surface area contributed by atoms with Gasteiger partial charge in [-0.15, -0.1) is 11.3 Å². The van der Waals surface area contributed by atoms with E-state index in [1.54, 1.807) is 11.3 Å². The van der Waals surface area contributed by atoms with E-state index in [-0.39, 0.29) is 0 Å². The van der Waals surface area contributed by atoms with Gasteiger partial charge >= 0.3 is 0 Å². The van der Waals surface area contributed by atoms with Crippen LogP contribution in [0.5, 0.6) is 0 Å². The normalized spacial score (nSPS) is 15.8. The van der Waals surface area contributed by atoms with E-state index in [1.807, 2.05) is 7.05 Å². The first-order valence-corrected chi connectivity index (χ1v) is 10.1. The van der Waals surface area contributed by atoms with Gasteiger partial charge in [0.25, 0.3) is 0 Å². The van der Waals surface area contributed by atoms with Crippen molar-refractivity contribution in [1.82, 2.24) is 15.5 Å². The molecule has 1 aliphatic rings. The van der Waals surface area contributed by atoms with E-state index in [1.165, 1.54) is 16.0 Å². The Morgan fingerprint density at radius 2 is 1.88 bits per heavy atom. The lowest BCUT2D eigenvalue weighted by molar-refractivity contribution is 0.0342. The molecule has 0 radical (unpaired) electrons. The zero-order valence-electron chi connectivity index (χ0n) is 15.4. The monoisotopic (exact) mass is 372 g/mol. The third kappa shape index (κ3) is 6.12. The molecular formula is C20H28N4OS. The molecule has 2 aromatic rings. The molecule has 5 nitrogen and oxygen atoms in total. The summed E-state index contributed by atoms with van der Waals surface area (Å²) in [5, 5.41) is 8.87. The first kappa shape index (κ1) is 18.9. The van der Waals surface area contributed by atoms with E-state index in [0.29, 0.717) is 0 Å². The topological polar surface area (TPSA) is 48.9 Å². The van der Waals surface area contributed by atoms with Gasteiger partial charge in [0, 0.05) is 44.6 Å². The minimum atomic E-state index is 0.774. The minimum Gasteiger partial charge on any atom is -0.379 e. The van der Waals surface area contributed by atoms with Crippen LogP contribution in [0.3, 0.4) is 0 Å². The molecule has 0 aliphatic carbocycles. The van der Waals surface area contributed by atoms with Crippen molar-refractivity contribution >= 4 is 17.3 Å². The summed E-state index contributed by atoms with van der Waals surface area (Å²) in [6.45, 7) is 6.41. The Kier molecular flexibility index (Phi) is 7.49. The number of rotatable bonds is 7. The number of aliphatic imine (C=N–C) groups is 1. The highest BCUT2D eigenvalue weighted by molar-refractivity contribution is 7.09. The van der Waals surface area contributed by atoms with Crippen molar-refractivity contribution in [1.29, 1.82) is 0 Å². The Labute approximate surface area is 160 Å². The zero-order chi connectivity index (χ0) is 18.0. The molecule has 0 spiro atoms. The Morgan fingerprint density at radius 3 is 2.58 bits per heavy atom. The summed E-state index contributed by atoms with van der Waals surface area (Å²) >= 11 is 1.80. The molecule has 1 aromatic heterocycles. The van der Waals surface area contributed by atoms with Crippen LogP contribution in [-0.2, 0) is 24.2 Å². The van der Waals surface area contributed by atoms with Crippen LogP contribution in [-0.4, -0.2) is 50.8 Å². The van der Waals surface area contributed by atoms with E-state index in [4.69, 9.17) is 4.74 Å². The Hall–Kier alpha value is -1.89. The molecule has 0 saturated carbocycles. The number of hydrogen-bond donors (Lipinski definition) is 2. The lowest BCUT2D eigenvalue weighted by Crippen LogP contribution is -2.37. The molecule has 2 heterocycles. The molecule has 1 fully saturated rings. The number of benzene rings is 1. The minimum absolute atomic E-state index is 0.774. The quantitative estimate of drug-likeness (QED) is 0.579. The van der Waals surface area contributed by atoms with Crippen LogP contribution in [0.15, 0.2) is 46.8 Å². The third-order valence-electron chi connectivity index (χ3n) is 4.46. The summed E-state index contributed by atoms with van der Waals surface area (Å²) in [6, 6.07) is 13.1. The standard InChI is InChI=1S/C20H28N4OS/c1-21-20(22-9-8-19-3-2-14-26-19)23-15-17-4-6-18(7-5-17)16-24-10-12-25-13-11-24/h2-7,14H,8-13,15-16H2,1H3,(H2,21,22,23). The van der Waals surface area contributed by atoms with Gasteiger partial charge in [0.2, 0.25) is 0 Å². The van der Waals surface area contributed by atoms with Crippen molar-refractivity contribution < 1.29 is 4.74 Å². The van der Waals surface area contributed by atoms with Gasteiger partial charge in [-0.2, -0.15) is 0 Å². The highest BCUT2D eigenvalue weighted by Crippen LogP contribution is 2.10. The molecule has 2 N–H and O–H groups in total. The van der Waals surface area contributed by atoms with E-state index in [2.05, 4.69) is 62.3 Å². The molecule has 26 heavy (non-hydrogen) atoms. The molecule has 0 amide bonds. The molecule has 1 saturated heterocycles. The number of nitrogens with one attached hydrogen (secondary N) is 2. The van der Waals surface area contributed by atoms with Crippen LogP contribution in [0, 0.1) is 0 Å². The van der Waals surface area contributed by atoms with E-state index in [9.17, 15) is 0 Å². The molecule has 1 aromatic carbocycles. The summed E-state index contributed by atoms with van der Waals surface area (Å²) in [4.78, 5) is 8.13. The Morgan fingerprint density at radius 1 is 1.12 bits per heavy atom. The van der Waals surface area contributed by atoms with Gasteiger partial charge < -0.3 is 15.4 Å². The Balaban J connectivity index is 1.39. The summed E-state index contributed by atoms with van der Waals surface area (Å²) in [5.74, 6) is 0.846. The number of nitrogens with zero attached hydrogens (tertiary/aromatic N) is 2. The van der Waals surface area contributed by atoms with Gasteiger partial charge in [0.1, 0.15) is 0 Å². The van der Waals surface area contributed by atoms with Gasteiger partial charge in [0.15, 0.2) is 5.96 Å². The van der Waals surface area contributed by atoms with Crippen molar-refractivity contribution in [2.75, 3.05) is 39.9 Å². The van der Waals surface area contributed by atoms with Gasteiger partial charge in [-0.3, -0.25) is 9.89 Å². The van der Waals surface area contributed by atoms with Crippen molar-refractivity contribution in [3.8, 4) is 0 Å². The highest BCUT2D eigenvalue weighted by atomic mass is 32.1. The fraction of sp³-hybridized carbons (Fsp3) is 0.450. The maximum absolute atomic E-state index is 5.40. The first-order chi connectivity index (χ1) is 12.8. The summed E-state index contributed by atoms with van der Waals surface area (Å²) in [7, 11) is 1.81. The van der Waals surface area contributed by atoms with Crippen molar-refractivity contribution in [3.63, 3.8) is 0 Å². The smallest absolute Gasteiger partial charge is 0.191 e. The second-order valence-corrected chi connectivity index (χ2v) is 7.42. The van der Waals surface area contributed by atoms with Crippen molar-refractivity contribution in [2.24, 2.45) is 4.99 Å².